The van der Waals surface area contributed by atoms with Crippen LogP contribution >= 0.6 is 15.9 Å². The second-order valence-corrected chi connectivity index (χ2v) is 8.74. The van der Waals surface area contributed by atoms with Crippen molar-refractivity contribution in [1.29, 1.82) is 0 Å². The minimum atomic E-state index is -0.740. The van der Waals surface area contributed by atoms with Crippen LogP contribution in [0, 0.1) is 0 Å². The summed E-state index contributed by atoms with van der Waals surface area (Å²) in [6, 6.07) is 21.1. The molecule has 0 aliphatic carbocycles. The van der Waals surface area contributed by atoms with Gasteiger partial charge in [0.25, 0.3) is 11.7 Å². The molecule has 0 saturated carbocycles. The summed E-state index contributed by atoms with van der Waals surface area (Å²) in [7, 11) is 0. The first-order valence-corrected chi connectivity index (χ1v) is 11.3. The van der Waals surface area contributed by atoms with Crippen LogP contribution in [0.2, 0.25) is 0 Å². The van der Waals surface area contributed by atoms with Crippen molar-refractivity contribution in [2.24, 2.45) is 0 Å². The molecule has 0 bridgehead atoms. The van der Waals surface area contributed by atoms with E-state index in [0.717, 1.165) is 15.6 Å². The molecular weight excluding hydrogens is 486 g/mol. The molecule has 33 heavy (non-hydrogen) atoms. The lowest BCUT2D eigenvalue weighted by atomic mass is 9.95. The average Bonchev–Trinajstić information content (AvgIpc) is 3.09. The zero-order valence-electron chi connectivity index (χ0n) is 17.5. The highest BCUT2D eigenvalue weighted by molar-refractivity contribution is 9.10. The van der Waals surface area contributed by atoms with E-state index in [9.17, 15) is 14.7 Å². The number of hydrogen-bond acceptors (Lipinski definition) is 5. The van der Waals surface area contributed by atoms with E-state index in [1.807, 2.05) is 54.6 Å². The zero-order valence-corrected chi connectivity index (χ0v) is 19.1. The van der Waals surface area contributed by atoms with Gasteiger partial charge in [-0.15, -0.1) is 0 Å². The quantitative estimate of drug-likeness (QED) is 0.311. The number of likely N-dealkylation sites (tertiary alicyclic amines) is 1. The number of carbonyl (C=O) groups is 2. The van der Waals surface area contributed by atoms with Crippen LogP contribution in [0.15, 0.2) is 82.8 Å². The first-order chi connectivity index (χ1) is 16.0. The van der Waals surface area contributed by atoms with Crippen molar-refractivity contribution >= 4 is 33.4 Å². The fourth-order valence-corrected chi connectivity index (χ4v) is 4.61. The molecule has 3 aromatic rings. The summed E-state index contributed by atoms with van der Waals surface area (Å²) in [5.74, 6) is -0.550. The molecule has 0 unspecified atom stereocenters. The largest absolute Gasteiger partial charge is 0.507 e. The van der Waals surface area contributed by atoms with E-state index in [2.05, 4.69) is 15.9 Å². The van der Waals surface area contributed by atoms with Gasteiger partial charge in [-0.1, -0.05) is 58.4 Å². The molecule has 3 aromatic carbocycles. The summed E-state index contributed by atoms with van der Waals surface area (Å²) in [4.78, 5) is 27.8. The summed E-state index contributed by atoms with van der Waals surface area (Å²) < 4.78 is 12.0. The molecular formula is C26H20BrNO5. The minimum Gasteiger partial charge on any atom is -0.507 e. The number of rotatable bonds is 4. The van der Waals surface area contributed by atoms with Crippen molar-refractivity contribution in [2.75, 3.05) is 13.2 Å². The number of fused-ring (bicyclic) bond motifs is 1. The van der Waals surface area contributed by atoms with Gasteiger partial charge in [-0.2, -0.15) is 0 Å². The Balaban J connectivity index is 1.64. The lowest BCUT2D eigenvalue weighted by Gasteiger charge is -2.26. The van der Waals surface area contributed by atoms with Crippen molar-refractivity contribution in [1.82, 2.24) is 4.90 Å². The Labute approximate surface area is 199 Å². The number of aliphatic hydroxyl groups excluding tert-OH is 1. The molecule has 1 atom stereocenters. The second-order valence-electron chi connectivity index (χ2n) is 7.83. The smallest absolute Gasteiger partial charge is 0.295 e. The van der Waals surface area contributed by atoms with Gasteiger partial charge in [0, 0.05) is 16.6 Å². The normalized spacial score (nSPS) is 19.1. The number of amides is 1. The van der Waals surface area contributed by atoms with Crippen LogP contribution in [0.5, 0.6) is 11.5 Å². The van der Waals surface area contributed by atoms with Crippen molar-refractivity contribution < 1.29 is 24.2 Å². The van der Waals surface area contributed by atoms with Crippen molar-refractivity contribution in [3.63, 3.8) is 0 Å². The Hall–Kier alpha value is -3.58. The molecule has 0 radical (unpaired) electrons. The van der Waals surface area contributed by atoms with Crippen LogP contribution in [0.25, 0.3) is 5.76 Å². The van der Waals surface area contributed by atoms with Crippen LogP contribution < -0.4 is 9.47 Å². The minimum absolute atomic E-state index is 0.0470. The summed E-state index contributed by atoms with van der Waals surface area (Å²) in [5.41, 5.74) is 2.04. The Morgan fingerprint density at radius 2 is 1.70 bits per heavy atom. The van der Waals surface area contributed by atoms with Gasteiger partial charge in [0.05, 0.1) is 11.6 Å². The summed E-state index contributed by atoms with van der Waals surface area (Å²) in [6.45, 7) is 1.09. The molecule has 2 aliphatic heterocycles. The maximum Gasteiger partial charge on any atom is 0.295 e. The molecule has 5 rings (SSSR count). The van der Waals surface area contributed by atoms with Gasteiger partial charge < -0.3 is 19.5 Å². The van der Waals surface area contributed by atoms with Crippen LogP contribution in [0.4, 0.5) is 0 Å². The summed E-state index contributed by atoms with van der Waals surface area (Å²) in [6.07, 6.45) is 0. The number of hydrogen-bond donors (Lipinski definition) is 1. The van der Waals surface area contributed by atoms with Crippen LogP contribution in [-0.4, -0.2) is 34.9 Å². The van der Waals surface area contributed by atoms with E-state index >= 15 is 0 Å². The third kappa shape index (κ3) is 4.00. The van der Waals surface area contributed by atoms with Gasteiger partial charge in [-0.25, -0.2) is 0 Å². The maximum atomic E-state index is 13.2. The third-order valence-electron chi connectivity index (χ3n) is 5.72. The first-order valence-electron chi connectivity index (χ1n) is 10.5. The molecule has 0 aromatic heterocycles. The predicted molar refractivity (Wildman–Crippen MR) is 126 cm³/mol. The summed E-state index contributed by atoms with van der Waals surface area (Å²) in [5, 5.41) is 11.3. The van der Waals surface area contributed by atoms with Crippen molar-refractivity contribution in [2.45, 2.75) is 12.6 Å². The second kappa shape index (κ2) is 8.75. The van der Waals surface area contributed by atoms with Crippen LogP contribution in [0.1, 0.15) is 22.7 Å². The Morgan fingerprint density at radius 3 is 2.45 bits per heavy atom. The Kier molecular flexibility index (Phi) is 5.64. The third-order valence-corrected chi connectivity index (χ3v) is 6.21. The number of nitrogens with zero attached hydrogens (tertiary/aromatic N) is 1. The van der Waals surface area contributed by atoms with Crippen LogP contribution in [0.3, 0.4) is 0 Å². The fraction of sp³-hybridized carbons (Fsp3) is 0.154. The van der Waals surface area contributed by atoms with Gasteiger partial charge in [0.2, 0.25) is 0 Å². The lowest BCUT2D eigenvalue weighted by Crippen LogP contribution is -2.29. The first kappa shape index (κ1) is 21.3. The van der Waals surface area contributed by atoms with Crippen molar-refractivity contribution in [3.8, 4) is 11.5 Å². The van der Waals surface area contributed by atoms with E-state index < -0.39 is 17.7 Å². The average molecular weight is 506 g/mol. The number of Topliss-reactive ketones (excluding diaryl/α,β-unsaturated/α-hetero) is 1. The Morgan fingerprint density at radius 1 is 0.939 bits per heavy atom. The molecule has 1 N–H and O–H groups in total. The monoisotopic (exact) mass is 505 g/mol. The van der Waals surface area contributed by atoms with E-state index in [0.29, 0.717) is 30.3 Å². The molecule has 6 nitrogen and oxygen atoms in total. The van der Waals surface area contributed by atoms with Gasteiger partial charge in [0.1, 0.15) is 19.0 Å². The van der Waals surface area contributed by atoms with Crippen molar-refractivity contribution in [3.05, 3.63) is 99.5 Å². The number of carbonyl (C=O) groups excluding carboxylic acids is 2. The van der Waals surface area contributed by atoms with Gasteiger partial charge in [0.15, 0.2) is 11.5 Å². The molecule has 1 fully saturated rings. The maximum absolute atomic E-state index is 13.2. The van der Waals surface area contributed by atoms with E-state index in [4.69, 9.17) is 9.47 Å². The number of ketones is 1. The molecule has 2 aliphatic rings. The number of benzene rings is 3. The van der Waals surface area contributed by atoms with Crippen LogP contribution in [-0.2, 0) is 16.1 Å². The molecule has 0 spiro atoms. The zero-order chi connectivity index (χ0) is 22.9. The lowest BCUT2D eigenvalue weighted by molar-refractivity contribution is -0.140. The highest BCUT2D eigenvalue weighted by Gasteiger charge is 2.46. The highest BCUT2D eigenvalue weighted by Crippen LogP contribution is 2.42. The predicted octanol–water partition coefficient (Wildman–Crippen LogP) is 4.84. The van der Waals surface area contributed by atoms with Gasteiger partial charge in [-0.3, -0.25) is 9.59 Å². The summed E-state index contributed by atoms with van der Waals surface area (Å²) >= 11 is 3.47. The van der Waals surface area contributed by atoms with Gasteiger partial charge >= 0.3 is 0 Å². The topological polar surface area (TPSA) is 76.1 Å². The SMILES string of the molecule is O=C1C(=O)N(Cc2ccccc2)[C@@H](c2cccc(Br)c2)C1=C(O)c1ccc2c(c1)OCCO2. The fourth-order valence-electron chi connectivity index (χ4n) is 4.19. The van der Waals surface area contributed by atoms with E-state index in [1.54, 1.807) is 18.2 Å². The molecule has 2 heterocycles. The molecule has 7 heteroatoms. The molecule has 166 valence electrons. The standard InChI is InChI=1S/C26H20BrNO5/c27-19-8-4-7-17(13-19)23-22(24(29)18-9-10-20-21(14-18)33-12-11-32-20)25(30)26(31)28(23)15-16-5-2-1-3-6-16/h1-10,13-14,23,29H,11-12,15H2/t23-/m0/s1. The van der Waals surface area contributed by atoms with E-state index in [-0.39, 0.29) is 17.9 Å². The highest BCUT2D eigenvalue weighted by atomic mass is 79.9. The Bertz CT molecular complexity index is 1270. The van der Waals surface area contributed by atoms with E-state index in [1.165, 1.54) is 4.90 Å². The number of ether oxygens (including phenoxy) is 2. The van der Waals surface area contributed by atoms with Gasteiger partial charge in [-0.05, 0) is 41.5 Å². The number of aliphatic hydroxyl groups is 1. The molecule has 1 amide bonds. The molecule has 1 saturated heterocycles. The number of halogens is 1.